The first-order valence-corrected chi connectivity index (χ1v) is 10.0. The van der Waals surface area contributed by atoms with Crippen molar-refractivity contribution in [3.05, 3.63) is 53.6 Å². The van der Waals surface area contributed by atoms with E-state index in [0.717, 1.165) is 0 Å². The number of hydrogen-bond donors (Lipinski definition) is 3. The molecule has 31 heavy (non-hydrogen) atoms. The molecule has 0 aliphatic rings. The Bertz CT molecular complexity index is 893. The molecule has 2 aromatic carbocycles. The minimum absolute atomic E-state index is 0.0970. The van der Waals surface area contributed by atoms with Crippen molar-refractivity contribution in [2.24, 2.45) is 0 Å². The topological polar surface area (TPSA) is 106 Å². The van der Waals surface area contributed by atoms with Gasteiger partial charge in [0.2, 0.25) is 5.91 Å². The lowest BCUT2D eigenvalue weighted by Crippen LogP contribution is -2.34. The van der Waals surface area contributed by atoms with Gasteiger partial charge in [0.05, 0.1) is 0 Å². The summed E-state index contributed by atoms with van der Waals surface area (Å²) in [5.74, 6) is -0.0390. The zero-order chi connectivity index (χ0) is 22.9. The van der Waals surface area contributed by atoms with Crippen LogP contribution in [0, 0.1) is 0 Å². The van der Waals surface area contributed by atoms with Crippen LogP contribution < -0.4 is 20.7 Å². The van der Waals surface area contributed by atoms with Crippen LogP contribution in [-0.2, 0) is 14.3 Å². The van der Waals surface area contributed by atoms with E-state index in [1.54, 1.807) is 69.3 Å². The van der Waals surface area contributed by atoms with Crippen molar-refractivity contribution < 1.29 is 23.9 Å². The summed E-state index contributed by atoms with van der Waals surface area (Å²) in [5, 5.41) is 8.53. The average Bonchev–Trinajstić information content (AvgIpc) is 2.67. The van der Waals surface area contributed by atoms with E-state index in [9.17, 15) is 14.4 Å². The van der Waals surface area contributed by atoms with Gasteiger partial charge < -0.3 is 25.4 Å². The molecule has 0 bridgehead atoms. The van der Waals surface area contributed by atoms with Gasteiger partial charge in [0.1, 0.15) is 11.4 Å². The van der Waals surface area contributed by atoms with Crippen LogP contribution in [-0.4, -0.2) is 36.7 Å². The standard InChI is InChI=1S/C22H26ClN3O5/c1-22(2,3)31-21(29)24-13-12-19(27)25-16-6-8-17(9-7-16)26-20(28)14-30-18-10-4-15(23)5-11-18/h4-11H,12-14H2,1-3H3,(H,24,29)(H,25,27)(H,26,28). The Balaban J connectivity index is 1.70. The SMILES string of the molecule is CC(C)(C)OC(=O)NCCC(=O)Nc1ccc(NC(=O)COc2ccc(Cl)cc2)cc1. The van der Waals surface area contributed by atoms with Crippen molar-refractivity contribution in [3.63, 3.8) is 0 Å². The molecule has 0 spiro atoms. The Hall–Kier alpha value is -3.26. The third-order valence-electron chi connectivity index (χ3n) is 3.66. The number of benzene rings is 2. The van der Waals surface area contributed by atoms with Crippen molar-refractivity contribution >= 4 is 40.9 Å². The number of anilines is 2. The molecule has 0 heterocycles. The van der Waals surface area contributed by atoms with Crippen LogP contribution in [0.2, 0.25) is 5.02 Å². The summed E-state index contributed by atoms with van der Waals surface area (Å²) < 4.78 is 10.5. The predicted octanol–water partition coefficient (Wildman–Crippen LogP) is 4.21. The molecular weight excluding hydrogens is 422 g/mol. The minimum Gasteiger partial charge on any atom is -0.484 e. The van der Waals surface area contributed by atoms with Crippen LogP contribution in [0.15, 0.2) is 48.5 Å². The van der Waals surface area contributed by atoms with Crippen molar-refractivity contribution in [1.29, 1.82) is 0 Å². The lowest BCUT2D eigenvalue weighted by atomic mass is 10.2. The van der Waals surface area contributed by atoms with Crippen LogP contribution in [0.1, 0.15) is 27.2 Å². The van der Waals surface area contributed by atoms with Crippen molar-refractivity contribution in [3.8, 4) is 5.75 Å². The van der Waals surface area contributed by atoms with Crippen LogP contribution in [0.3, 0.4) is 0 Å². The number of ether oxygens (including phenoxy) is 2. The van der Waals surface area contributed by atoms with E-state index in [2.05, 4.69) is 16.0 Å². The maximum absolute atomic E-state index is 12.0. The van der Waals surface area contributed by atoms with E-state index >= 15 is 0 Å². The molecule has 0 aliphatic heterocycles. The summed E-state index contributed by atoms with van der Waals surface area (Å²) in [7, 11) is 0. The molecule has 8 nitrogen and oxygen atoms in total. The summed E-state index contributed by atoms with van der Waals surface area (Å²) in [5.41, 5.74) is 0.540. The molecule has 3 amide bonds. The Kier molecular flexibility index (Phi) is 8.69. The van der Waals surface area contributed by atoms with Gasteiger partial charge in [-0.25, -0.2) is 4.79 Å². The highest BCUT2D eigenvalue weighted by molar-refractivity contribution is 6.30. The normalized spacial score (nSPS) is 10.7. The molecule has 0 saturated heterocycles. The Morgan fingerprint density at radius 1 is 0.871 bits per heavy atom. The smallest absolute Gasteiger partial charge is 0.407 e. The van der Waals surface area contributed by atoms with Crippen LogP contribution in [0.5, 0.6) is 5.75 Å². The first kappa shape index (κ1) is 24.0. The lowest BCUT2D eigenvalue weighted by molar-refractivity contribution is -0.118. The first-order valence-electron chi connectivity index (χ1n) is 9.66. The minimum atomic E-state index is -0.592. The van der Waals surface area contributed by atoms with Gasteiger partial charge in [-0.3, -0.25) is 9.59 Å². The van der Waals surface area contributed by atoms with Gasteiger partial charge in [0.15, 0.2) is 6.61 Å². The lowest BCUT2D eigenvalue weighted by Gasteiger charge is -2.19. The number of carbonyl (C=O) groups is 3. The highest BCUT2D eigenvalue weighted by Crippen LogP contribution is 2.16. The Labute approximate surface area is 186 Å². The third-order valence-corrected chi connectivity index (χ3v) is 3.91. The monoisotopic (exact) mass is 447 g/mol. The van der Waals surface area contributed by atoms with Crippen LogP contribution in [0.4, 0.5) is 16.2 Å². The number of hydrogen-bond acceptors (Lipinski definition) is 5. The largest absolute Gasteiger partial charge is 0.484 e. The zero-order valence-corrected chi connectivity index (χ0v) is 18.4. The molecule has 0 unspecified atom stereocenters. The quantitative estimate of drug-likeness (QED) is 0.562. The Morgan fingerprint density at radius 3 is 1.97 bits per heavy atom. The summed E-state index contributed by atoms with van der Waals surface area (Å²) in [4.78, 5) is 35.5. The van der Waals surface area contributed by atoms with E-state index in [-0.39, 0.29) is 31.4 Å². The average molecular weight is 448 g/mol. The van der Waals surface area contributed by atoms with E-state index in [1.165, 1.54) is 0 Å². The van der Waals surface area contributed by atoms with E-state index in [4.69, 9.17) is 21.1 Å². The van der Waals surface area contributed by atoms with Gasteiger partial charge in [0, 0.05) is 29.4 Å². The number of alkyl carbamates (subject to hydrolysis) is 1. The van der Waals surface area contributed by atoms with Gasteiger partial charge >= 0.3 is 6.09 Å². The summed E-state index contributed by atoms with van der Waals surface area (Å²) >= 11 is 5.80. The van der Waals surface area contributed by atoms with Gasteiger partial charge in [0.25, 0.3) is 5.91 Å². The third kappa shape index (κ3) is 9.86. The highest BCUT2D eigenvalue weighted by Gasteiger charge is 2.15. The van der Waals surface area contributed by atoms with E-state index in [0.29, 0.717) is 22.1 Å². The summed E-state index contributed by atoms with van der Waals surface area (Å²) in [6.07, 6.45) is -0.472. The van der Waals surface area contributed by atoms with Crippen LogP contribution in [0.25, 0.3) is 0 Å². The predicted molar refractivity (Wildman–Crippen MR) is 120 cm³/mol. The summed E-state index contributed by atoms with van der Waals surface area (Å²) in [6, 6.07) is 13.4. The molecule has 2 aromatic rings. The number of carbonyl (C=O) groups excluding carboxylic acids is 3. The van der Waals surface area contributed by atoms with Crippen molar-refractivity contribution in [1.82, 2.24) is 5.32 Å². The molecule has 2 rings (SSSR count). The fourth-order valence-corrected chi connectivity index (χ4v) is 2.46. The fraction of sp³-hybridized carbons (Fsp3) is 0.318. The molecule has 166 valence electrons. The van der Waals surface area contributed by atoms with E-state index in [1.807, 2.05) is 0 Å². The van der Waals surface area contributed by atoms with E-state index < -0.39 is 11.7 Å². The highest BCUT2D eigenvalue weighted by atomic mass is 35.5. The molecule has 0 aliphatic carbocycles. The van der Waals surface area contributed by atoms with Crippen LogP contribution >= 0.6 is 11.6 Å². The first-order chi connectivity index (χ1) is 14.6. The molecule has 0 aromatic heterocycles. The molecule has 0 saturated carbocycles. The Morgan fingerprint density at radius 2 is 1.42 bits per heavy atom. The molecule has 0 fully saturated rings. The molecule has 3 N–H and O–H groups in total. The molecule has 0 atom stereocenters. The second-order valence-electron chi connectivity index (χ2n) is 7.59. The summed E-state index contributed by atoms with van der Waals surface area (Å²) in [6.45, 7) is 5.29. The number of rotatable bonds is 8. The maximum Gasteiger partial charge on any atom is 0.407 e. The number of halogens is 1. The second kappa shape index (κ2) is 11.2. The maximum atomic E-state index is 12.0. The molecule has 0 radical (unpaired) electrons. The van der Waals surface area contributed by atoms with Crippen molar-refractivity contribution in [2.75, 3.05) is 23.8 Å². The fourth-order valence-electron chi connectivity index (χ4n) is 2.33. The number of amides is 3. The van der Waals surface area contributed by atoms with Crippen molar-refractivity contribution in [2.45, 2.75) is 32.8 Å². The van der Waals surface area contributed by atoms with Gasteiger partial charge in [-0.15, -0.1) is 0 Å². The zero-order valence-electron chi connectivity index (χ0n) is 17.7. The molecule has 9 heteroatoms. The van der Waals surface area contributed by atoms with Gasteiger partial charge in [-0.05, 0) is 69.3 Å². The van der Waals surface area contributed by atoms with Gasteiger partial charge in [-0.1, -0.05) is 11.6 Å². The number of nitrogens with one attached hydrogen (secondary N) is 3. The van der Waals surface area contributed by atoms with Gasteiger partial charge in [-0.2, -0.15) is 0 Å². The molecular formula is C22H26ClN3O5. The second-order valence-corrected chi connectivity index (χ2v) is 8.03.